The zero-order chi connectivity index (χ0) is 22.8. The molecule has 1 N–H and O–H groups in total. The lowest BCUT2D eigenvalue weighted by Crippen LogP contribution is -2.34. The van der Waals surface area contributed by atoms with Crippen LogP contribution in [0.4, 0.5) is 0 Å². The molecule has 3 aromatic rings. The summed E-state index contributed by atoms with van der Waals surface area (Å²) in [6.45, 7) is 0.592. The standard InChI is InChI=1S/C26H27N3O3S/c1-32-20-12-6-17(7-13-20)15-29(19-10-11-19)25(30)16-33-24-14-22(26(31)27-18-8-9-18)21-4-2-3-5-23(21)28-24/h2-7,12-14,18-19H,8-11,15-16H2,1H3,(H,27,31). The molecule has 5 rings (SSSR count). The number of amides is 2. The molecular weight excluding hydrogens is 434 g/mol. The molecule has 0 atom stereocenters. The molecule has 1 aromatic heterocycles. The van der Waals surface area contributed by atoms with Gasteiger partial charge in [0.2, 0.25) is 5.91 Å². The molecule has 2 aliphatic carbocycles. The zero-order valence-corrected chi connectivity index (χ0v) is 19.4. The van der Waals surface area contributed by atoms with Crippen molar-refractivity contribution >= 4 is 34.5 Å². The minimum atomic E-state index is -0.0663. The van der Waals surface area contributed by atoms with Gasteiger partial charge < -0.3 is 15.0 Å². The Bertz CT molecular complexity index is 1170. The van der Waals surface area contributed by atoms with E-state index in [1.54, 1.807) is 7.11 Å². The highest BCUT2D eigenvalue weighted by Gasteiger charge is 2.32. The van der Waals surface area contributed by atoms with Crippen LogP contribution in [0.2, 0.25) is 0 Å². The van der Waals surface area contributed by atoms with Crippen LogP contribution in [0.3, 0.4) is 0 Å². The van der Waals surface area contributed by atoms with Gasteiger partial charge in [0, 0.05) is 24.0 Å². The number of aromatic nitrogens is 1. The van der Waals surface area contributed by atoms with E-state index in [9.17, 15) is 9.59 Å². The van der Waals surface area contributed by atoms with Crippen molar-refractivity contribution in [3.63, 3.8) is 0 Å². The highest BCUT2D eigenvalue weighted by atomic mass is 32.2. The number of hydrogen-bond acceptors (Lipinski definition) is 5. The topological polar surface area (TPSA) is 71.5 Å². The number of pyridine rings is 1. The van der Waals surface area contributed by atoms with Gasteiger partial charge >= 0.3 is 0 Å². The van der Waals surface area contributed by atoms with E-state index in [1.807, 2.05) is 59.5 Å². The summed E-state index contributed by atoms with van der Waals surface area (Å²) in [4.78, 5) is 32.6. The van der Waals surface area contributed by atoms with Gasteiger partial charge in [0.05, 0.1) is 29.0 Å². The highest BCUT2D eigenvalue weighted by molar-refractivity contribution is 7.99. The van der Waals surface area contributed by atoms with Gasteiger partial charge in [-0.1, -0.05) is 42.1 Å². The Kier molecular flexibility index (Phi) is 6.22. The predicted octanol–water partition coefficient (Wildman–Crippen LogP) is 4.42. The fourth-order valence-corrected chi connectivity index (χ4v) is 4.66. The van der Waals surface area contributed by atoms with Gasteiger partial charge in [-0.25, -0.2) is 4.98 Å². The van der Waals surface area contributed by atoms with Gasteiger partial charge in [-0.2, -0.15) is 0 Å². The van der Waals surface area contributed by atoms with Crippen LogP contribution in [0.25, 0.3) is 10.9 Å². The molecule has 0 bridgehead atoms. The van der Waals surface area contributed by atoms with E-state index in [-0.39, 0.29) is 17.9 Å². The molecule has 2 aromatic carbocycles. The minimum absolute atomic E-state index is 0.0663. The second-order valence-corrected chi connectivity index (χ2v) is 9.66. The Hall–Kier alpha value is -3.06. The van der Waals surface area contributed by atoms with E-state index in [1.165, 1.54) is 11.8 Å². The van der Waals surface area contributed by atoms with Crippen LogP contribution in [0.1, 0.15) is 41.6 Å². The summed E-state index contributed by atoms with van der Waals surface area (Å²) in [6, 6.07) is 17.9. The van der Waals surface area contributed by atoms with E-state index in [2.05, 4.69) is 5.32 Å². The summed E-state index contributed by atoms with van der Waals surface area (Å²) >= 11 is 1.40. The maximum atomic E-state index is 13.1. The Balaban J connectivity index is 1.30. The number of rotatable bonds is 9. The smallest absolute Gasteiger partial charge is 0.252 e. The van der Waals surface area contributed by atoms with Crippen LogP contribution < -0.4 is 10.1 Å². The summed E-state index contributed by atoms with van der Waals surface area (Å²) in [7, 11) is 1.65. The van der Waals surface area contributed by atoms with Gasteiger partial charge in [0.15, 0.2) is 0 Å². The van der Waals surface area contributed by atoms with Crippen molar-refractivity contribution in [1.29, 1.82) is 0 Å². The highest BCUT2D eigenvalue weighted by Crippen LogP contribution is 2.31. The molecule has 0 spiro atoms. The molecule has 0 radical (unpaired) electrons. The number of nitrogens with one attached hydrogen (secondary N) is 1. The van der Waals surface area contributed by atoms with E-state index in [4.69, 9.17) is 9.72 Å². The average Bonchev–Trinajstić information content (AvgIpc) is 3.76. The van der Waals surface area contributed by atoms with Crippen molar-refractivity contribution in [2.24, 2.45) is 0 Å². The molecule has 0 aliphatic heterocycles. The Morgan fingerprint density at radius 1 is 1.09 bits per heavy atom. The number of methoxy groups -OCH3 is 1. The van der Waals surface area contributed by atoms with Crippen LogP contribution in [0.15, 0.2) is 59.6 Å². The first kappa shape index (κ1) is 21.8. The van der Waals surface area contributed by atoms with Crippen molar-refractivity contribution < 1.29 is 14.3 Å². The van der Waals surface area contributed by atoms with E-state index >= 15 is 0 Å². The van der Waals surface area contributed by atoms with Crippen molar-refractivity contribution in [2.45, 2.75) is 49.3 Å². The number of ether oxygens (including phenoxy) is 1. The number of benzene rings is 2. The molecule has 2 saturated carbocycles. The SMILES string of the molecule is COc1ccc(CN(C(=O)CSc2cc(C(=O)NC3CC3)c3ccccc3n2)C2CC2)cc1. The molecule has 7 heteroatoms. The quantitative estimate of drug-likeness (QED) is 0.478. The third kappa shape index (κ3) is 5.30. The normalized spacial score (nSPS) is 15.3. The zero-order valence-electron chi connectivity index (χ0n) is 18.6. The first-order valence-electron chi connectivity index (χ1n) is 11.4. The van der Waals surface area contributed by atoms with Crippen LogP contribution >= 0.6 is 11.8 Å². The molecule has 0 saturated heterocycles. The summed E-state index contributed by atoms with van der Waals surface area (Å²) < 4.78 is 5.23. The summed E-state index contributed by atoms with van der Waals surface area (Å²) in [5.74, 6) is 1.13. The number of carbonyl (C=O) groups is 2. The van der Waals surface area contributed by atoms with Crippen LogP contribution in [-0.4, -0.2) is 46.6 Å². The molecule has 1 heterocycles. The summed E-state index contributed by atoms with van der Waals surface area (Å²) in [5.41, 5.74) is 2.48. The number of carbonyl (C=O) groups excluding carboxylic acids is 2. The fourth-order valence-electron chi connectivity index (χ4n) is 3.86. The van der Waals surface area contributed by atoms with Crippen LogP contribution in [0, 0.1) is 0 Å². The van der Waals surface area contributed by atoms with Gasteiger partial charge in [-0.05, 0) is 55.5 Å². The Morgan fingerprint density at radius 2 is 1.85 bits per heavy atom. The Morgan fingerprint density at radius 3 is 2.55 bits per heavy atom. The number of fused-ring (bicyclic) bond motifs is 1. The van der Waals surface area contributed by atoms with Gasteiger partial charge in [0.25, 0.3) is 5.91 Å². The maximum absolute atomic E-state index is 13.1. The fraction of sp³-hybridized carbons (Fsp3) is 0.346. The predicted molar refractivity (Wildman–Crippen MR) is 130 cm³/mol. The minimum Gasteiger partial charge on any atom is -0.497 e. The molecule has 170 valence electrons. The third-order valence-electron chi connectivity index (χ3n) is 6.01. The molecule has 0 unspecified atom stereocenters. The van der Waals surface area contributed by atoms with Crippen LogP contribution in [-0.2, 0) is 11.3 Å². The number of para-hydroxylation sites is 1. The lowest BCUT2D eigenvalue weighted by Gasteiger charge is -2.22. The first-order chi connectivity index (χ1) is 16.1. The molecule has 2 fully saturated rings. The average molecular weight is 462 g/mol. The van der Waals surface area contributed by atoms with Gasteiger partial charge in [-0.3, -0.25) is 9.59 Å². The lowest BCUT2D eigenvalue weighted by molar-refractivity contribution is -0.129. The number of thioether (sulfide) groups is 1. The summed E-state index contributed by atoms with van der Waals surface area (Å²) in [5, 5.41) is 4.61. The molecule has 2 amide bonds. The third-order valence-corrected chi connectivity index (χ3v) is 6.91. The van der Waals surface area contributed by atoms with E-state index in [0.29, 0.717) is 28.9 Å². The van der Waals surface area contributed by atoms with Crippen molar-refractivity contribution in [3.05, 3.63) is 65.7 Å². The number of hydrogen-bond donors (Lipinski definition) is 1. The molecular formula is C26H27N3O3S. The van der Waals surface area contributed by atoms with Crippen molar-refractivity contribution in [1.82, 2.24) is 15.2 Å². The number of nitrogens with zero attached hydrogens (tertiary/aromatic N) is 2. The first-order valence-corrected chi connectivity index (χ1v) is 12.3. The lowest BCUT2D eigenvalue weighted by atomic mass is 10.1. The van der Waals surface area contributed by atoms with Crippen LogP contribution in [0.5, 0.6) is 5.75 Å². The second kappa shape index (κ2) is 9.43. The second-order valence-electron chi connectivity index (χ2n) is 8.66. The van der Waals surface area contributed by atoms with Crippen molar-refractivity contribution in [2.75, 3.05) is 12.9 Å². The maximum Gasteiger partial charge on any atom is 0.252 e. The molecule has 2 aliphatic rings. The van der Waals surface area contributed by atoms with E-state index in [0.717, 1.165) is 47.9 Å². The largest absolute Gasteiger partial charge is 0.497 e. The Labute approximate surface area is 197 Å². The van der Waals surface area contributed by atoms with Gasteiger partial charge in [-0.15, -0.1) is 0 Å². The van der Waals surface area contributed by atoms with E-state index < -0.39 is 0 Å². The summed E-state index contributed by atoms with van der Waals surface area (Å²) in [6.07, 6.45) is 4.17. The monoisotopic (exact) mass is 461 g/mol. The molecule has 33 heavy (non-hydrogen) atoms. The molecule has 6 nitrogen and oxygen atoms in total. The van der Waals surface area contributed by atoms with Crippen molar-refractivity contribution in [3.8, 4) is 5.75 Å². The van der Waals surface area contributed by atoms with Gasteiger partial charge in [0.1, 0.15) is 5.75 Å².